The van der Waals surface area contributed by atoms with Crippen molar-refractivity contribution in [2.24, 2.45) is 0 Å². The van der Waals surface area contributed by atoms with E-state index in [1.54, 1.807) is 7.11 Å². The number of ether oxygens (including phenoxy) is 1. The molecule has 1 heterocycles. The predicted molar refractivity (Wildman–Crippen MR) is 60.8 cm³/mol. The second-order valence-corrected chi connectivity index (χ2v) is 5.07. The molecular formula is C10H21NO2S. The lowest BCUT2D eigenvalue weighted by atomic mass is 10.0. The molecule has 0 saturated carbocycles. The SMILES string of the molecule is CC[C@H](COC)NC[C@]1(O)CCSC1. The van der Waals surface area contributed by atoms with Crippen molar-refractivity contribution < 1.29 is 9.84 Å². The summed E-state index contributed by atoms with van der Waals surface area (Å²) < 4.78 is 5.09. The number of rotatable bonds is 6. The van der Waals surface area contributed by atoms with Gasteiger partial charge >= 0.3 is 0 Å². The third-order valence-corrected chi connectivity index (χ3v) is 3.90. The van der Waals surface area contributed by atoms with E-state index in [-0.39, 0.29) is 0 Å². The van der Waals surface area contributed by atoms with E-state index in [2.05, 4.69) is 12.2 Å². The Balaban J connectivity index is 2.23. The zero-order valence-electron chi connectivity index (χ0n) is 9.08. The van der Waals surface area contributed by atoms with Crippen molar-refractivity contribution in [1.82, 2.24) is 5.32 Å². The van der Waals surface area contributed by atoms with Crippen molar-refractivity contribution in [2.75, 3.05) is 31.8 Å². The summed E-state index contributed by atoms with van der Waals surface area (Å²) in [4.78, 5) is 0. The molecule has 0 aromatic heterocycles. The first-order chi connectivity index (χ1) is 6.70. The van der Waals surface area contributed by atoms with Crippen LogP contribution in [0.4, 0.5) is 0 Å². The van der Waals surface area contributed by atoms with Gasteiger partial charge in [-0.2, -0.15) is 11.8 Å². The van der Waals surface area contributed by atoms with Gasteiger partial charge in [0.05, 0.1) is 12.2 Å². The lowest BCUT2D eigenvalue weighted by Crippen LogP contribution is -2.45. The highest BCUT2D eigenvalue weighted by Gasteiger charge is 2.31. The fourth-order valence-electron chi connectivity index (χ4n) is 1.59. The largest absolute Gasteiger partial charge is 0.388 e. The summed E-state index contributed by atoms with van der Waals surface area (Å²) in [6, 6.07) is 0.370. The minimum Gasteiger partial charge on any atom is -0.388 e. The Morgan fingerprint density at radius 2 is 2.43 bits per heavy atom. The van der Waals surface area contributed by atoms with Gasteiger partial charge in [-0.1, -0.05) is 6.92 Å². The number of hydrogen-bond donors (Lipinski definition) is 2. The molecule has 0 spiro atoms. The highest BCUT2D eigenvalue weighted by molar-refractivity contribution is 7.99. The Hall–Kier alpha value is 0.230. The van der Waals surface area contributed by atoms with Gasteiger partial charge in [-0.15, -0.1) is 0 Å². The summed E-state index contributed by atoms with van der Waals surface area (Å²) in [6.07, 6.45) is 1.95. The van der Waals surface area contributed by atoms with E-state index in [9.17, 15) is 5.11 Å². The van der Waals surface area contributed by atoms with Crippen LogP contribution in [-0.4, -0.2) is 48.5 Å². The van der Waals surface area contributed by atoms with Crippen molar-refractivity contribution in [2.45, 2.75) is 31.4 Å². The number of aliphatic hydroxyl groups is 1. The number of hydrogen-bond acceptors (Lipinski definition) is 4. The van der Waals surface area contributed by atoms with Crippen molar-refractivity contribution in [3.8, 4) is 0 Å². The second-order valence-electron chi connectivity index (χ2n) is 3.97. The van der Waals surface area contributed by atoms with Crippen LogP contribution < -0.4 is 5.32 Å². The topological polar surface area (TPSA) is 41.5 Å². The summed E-state index contributed by atoms with van der Waals surface area (Å²) in [5.41, 5.74) is -0.480. The molecule has 0 radical (unpaired) electrons. The standard InChI is InChI=1S/C10H21NO2S/c1-3-9(6-13-2)11-7-10(12)4-5-14-8-10/h9,11-12H,3-8H2,1-2H3/t9-,10-/m1/s1. The molecule has 1 saturated heterocycles. The van der Waals surface area contributed by atoms with Crippen LogP contribution in [0.2, 0.25) is 0 Å². The van der Waals surface area contributed by atoms with E-state index >= 15 is 0 Å². The van der Waals surface area contributed by atoms with Crippen LogP contribution in [0.25, 0.3) is 0 Å². The van der Waals surface area contributed by atoms with Crippen molar-refractivity contribution in [1.29, 1.82) is 0 Å². The Morgan fingerprint density at radius 3 is 2.93 bits per heavy atom. The molecule has 0 amide bonds. The molecule has 1 aliphatic heterocycles. The van der Waals surface area contributed by atoms with Crippen LogP contribution in [0.15, 0.2) is 0 Å². The number of thioether (sulfide) groups is 1. The van der Waals surface area contributed by atoms with Gasteiger partial charge in [0.25, 0.3) is 0 Å². The highest BCUT2D eigenvalue weighted by atomic mass is 32.2. The van der Waals surface area contributed by atoms with Gasteiger partial charge in [0.1, 0.15) is 0 Å². The molecule has 4 heteroatoms. The molecule has 0 aromatic carbocycles. The zero-order chi connectivity index (χ0) is 10.4. The molecule has 0 unspecified atom stereocenters. The summed E-state index contributed by atoms with van der Waals surface area (Å²) >= 11 is 1.83. The van der Waals surface area contributed by atoms with Gasteiger partial charge in [0.2, 0.25) is 0 Å². The molecule has 84 valence electrons. The molecule has 3 nitrogen and oxygen atoms in total. The third-order valence-electron chi connectivity index (χ3n) is 2.66. The highest BCUT2D eigenvalue weighted by Crippen LogP contribution is 2.27. The summed E-state index contributed by atoms with van der Waals surface area (Å²) in [6.45, 7) is 3.55. The Morgan fingerprint density at radius 1 is 1.64 bits per heavy atom. The van der Waals surface area contributed by atoms with Crippen LogP contribution in [0, 0.1) is 0 Å². The fraction of sp³-hybridized carbons (Fsp3) is 1.00. The lowest BCUT2D eigenvalue weighted by molar-refractivity contribution is 0.0588. The van der Waals surface area contributed by atoms with Crippen LogP contribution in [-0.2, 0) is 4.74 Å². The first kappa shape index (κ1) is 12.3. The van der Waals surface area contributed by atoms with Gasteiger partial charge in [-0.05, 0) is 18.6 Å². The number of nitrogens with one attached hydrogen (secondary N) is 1. The van der Waals surface area contributed by atoms with Crippen LogP contribution in [0.1, 0.15) is 19.8 Å². The van der Waals surface area contributed by atoms with Crippen LogP contribution in [0.3, 0.4) is 0 Å². The van der Waals surface area contributed by atoms with Crippen LogP contribution >= 0.6 is 11.8 Å². The molecule has 0 aromatic rings. The maximum absolute atomic E-state index is 10.1. The second kappa shape index (κ2) is 5.95. The fourth-order valence-corrected chi connectivity index (χ4v) is 2.89. The zero-order valence-corrected chi connectivity index (χ0v) is 9.90. The molecule has 0 aliphatic carbocycles. The first-order valence-corrected chi connectivity index (χ1v) is 6.38. The molecular weight excluding hydrogens is 198 g/mol. The lowest BCUT2D eigenvalue weighted by Gasteiger charge is -2.25. The van der Waals surface area contributed by atoms with E-state index in [0.717, 1.165) is 31.0 Å². The molecule has 1 fully saturated rings. The van der Waals surface area contributed by atoms with E-state index < -0.39 is 5.60 Å². The Kier molecular flexibility index (Phi) is 5.23. The van der Waals surface area contributed by atoms with Crippen molar-refractivity contribution in [3.63, 3.8) is 0 Å². The monoisotopic (exact) mass is 219 g/mol. The van der Waals surface area contributed by atoms with E-state index in [1.165, 1.54) is 0 Å². The molecule has 2 N–H and O–H groups in total. The smallest absolute Gasteiger partial charge is 0.0869 e. The average molecular weight is 219 g/mol. The maximum atomic E-state index is 10.1. The summed E-state index contributed by atoms with van der Waals surface area (Å²) in [5.74, 6) is 1.95. The normalized spacial score (nSPS) is 29.4. The Bertz CT molecular complexity index is 160. The molecule has 1 aliphatic rings. The first-order valence-electron chi connectivity index (χ1n) is 5.22. The molecule has 14 heavy (non-hydrogen) atoms. The number of methoxy groups -OCH3 is 1. The molecule has 1 rings (SSSR count). The minimum absolute atomic E-state index is 0.370. The van der Waals surface area contributed by atoms with Crippen molar-refractivity contribution >= 4 is 11.8 Å². The van der Waals surface area contributed by atoms with Gasteiger partial charge in [-0.3, -0.25) is 0 Å². The quantitative estimate of drug-likeness (QED) is 0.695. The predicted octanol–water partition coefficient (Wildman–Crippen LogP) is 0.869. The van der Waals surface area contributed by atoms with Crippen molar-refractivity contribution in [3.05, 3.63) is 0 Å². The van der Waals surface area contributed by atoms with Crippen LogP contribution in [0.5, 0.6) is 0 Å². The van der Waals surface area contributed by atoms with E-state index in [0.29, 0.717) is 12.6 Å². The van der Waals surface area contributed by atoms with Gasteiger partial charge in [-0.25, -0.2) is 0 Å². The average Bonchev–Trinajstić information content (AvgIpc) is 2.60. The van der Waals surface area contributed by atoms with E-state index in [4.69, 9.17) is 4.74 Å². The summed E-state index contributed by atoms with van der Waals surface area (Å²) in [7, 11) is 1.71. The minimum atomic E-state index is -0.480. The molecule has 0 bridgehead atoms. The van der Waals surface area contributed by atoms with E-state index in [1.807, 2.05) is 11.8 Å². The Labute approximate surface area is 90.6 Å². The van der Waals surface area contributed by atoms with Gasteiger partial charge < -0.3 is 15.2 Å². The van der Waals surface area contributed by atoms with Gasteiger partial charge in [0, 0.05) is 25.4 Å². The van der Waals surface area contributed by atoms with Gasteiger partial charge in [0.15, 0.2) is 0 Å². The maximum Gasteiger partial charge on any atom is 0.0869 e. The third kappa shape index (κ3) is 3.77. The summed E-state index contributed by atoms with van der Waals surface area (Å²) in [5, 5.41) is 13.4. The molecule has 2 atom stereocenters.